The second-order valence-electron chi connectivity index (χ2n) is 7.46. The summed E-state index contributed by atoms with van der Waals surface area (Å²) in [6, 6.07) is 3.89. The fraction of sp³-hybridized carbons (Fsp3) is 0.667. The molecule has 0 bridgehead atoms. The van der Waals surface area contributed by atoms with Gasteiger partial charge < -0.3 is 9.64 Å². The van der Waals surface area contributed by atoms with Crippen LogP contribution in [0.25, 0.3) is 0 Å². The number of hydrogen-bond donors (Lipinski definition) is 0. The molecule has 3 atom stereocenters. The van der Waals surface area contributed by atoms with Crippen LogP contribution in [0.3, 0.4) is 0 Å². The Morgan fingerprint density at radius 3 is 2.81 bits per heavy atom. The summed E-state index contributed by atoms with van der Waals surface area (Å²) in [4.78, 5) is 21.2. The molecule has 3 fully saturated rings. The van der Waals surface area contributed by atoms with E-state index in [9.17, 15) is 13.2 Å². The molecule has 0 N–H and O–H groups in total. The lowest BCUT2D eigenvalue weighted by Crippen LogP contribution is -2.50. The zero-order chi connectivity index (χ0) is 18.1. The maximum Gasteiger partial charge on any atom is 0.226 e. The van der Waals surface area contributed by atoms with E-state index in [1.165, 1.54) is 0 Å². The number of sulfone groups is 1. The highest BCUT2D eigenvalue weighted by atomic mass is 32.2. The van der Waals surface area contributed by atoms with E-state index < -0.39 is 15.1 Å². The number of hydrogen-bond acceptors (Lipinski definition) is 6. The van der Waals surface area contributed by atoms with Crippen LogP contribution in [0.15, 0.2) is 24.5 Å². The average Bonchev–Trinajstić information content (AvgIpc) is 3.08. The van der Waals surface area contributed by atoms with E-state index in [-0.39, 0.29) is 23.5 Å². The van der Waals surface area contributed by atoms with E-state index in [2.05, 4.69) is 9.88 Å². The molecule has 0 aromatic carbocycles. The number of pyridine rings is 1. The first-order valence-corrected chi connectivity index (χ1v) is 11.0. The molecule has 3 aliphatic rings. The fourth-order valence-corrected chi connectivity index (χ4v) is 6.64. The Kier molecular flexibility index (Phi) is 4.98. The molecule has 0 aliphatic carbocycles. The largest absolute Gasteiger partial charge is 0.378 e. The number of carbonyl (C=O) groups excluding carboxylic acids is 1. The Bertz CT molecular complexity index is 749. The Balaban J connectivity index is 1.51. The number of fused-ring (bicyclic) bond motifs is 1. The van der Waals surface area contributed by atoms with Crippen LogP contribution in [-0.4, -0.2) is 79.5 Å². The van der Waals surface area contributed by atoms with Crippen LogP contribution >= 0.6 is 0 Å². The van der Waals surface area contributed by atoms with E-state index in [1.807, 2.05) is 23.2 Å². The summed E-state index contributed by atoms with van der Waals surface area (Å²) in [5, 5.41) is -0.428. The Morgan fingerprint density at radius 1 is 1.27 bits per heavy atom. The molecule has 0 spiro atoms. The van der Waals surface area contributed by atoms with Crippen molar-refractivity contribution in [1.29, 1.82) is 0 Å². The number of aromatic nitrogens is 1. The molecule has 142 valence electrons. The van der Waals surface area contributed by atoms with Gasteiger partial charge in [-0.1, -0.05) is 6.07 Å². The van der Waals surface area contributed by atoms with Crippen LogP contribution in [0.2, 0.25) is 0 Å². The second-order valence-corrected chi connectivity index (χ2v) is 9.80. The van der Waals surface area contributed by atoms with Crippen LogP contribution in [0, 0.1) is 11.8 Å². The van der Waals surface area contributed by atoms with Crippen molar-refractivity contribution in [1.82, 2.24) is 14.8 Å². The minimum Gasteiger partial charge on any atom is -0.378 e. The SMILES string of the molecule is O=C([C@@H]1CCS(=O)(=O)[C@@H]2CN(Cc3cccnc3)C[C@@H]21)N1CCOCC1. The van der Waals surface area contributed by atoms with Gasteiger partial charge in [-0.3, -0.25) is 14.7 Å². The van der Waals surface area contributed by atoms with Gasteiger partial charge in [0.05, 0.1) is 24.2 Å². The van der Waals surface area contributed by atoms with Crippen molar-refractivity contribution in [2.75, 3.05) is 45.1 Å². The summed E-state index contributed by atoms with van der Waals surface area (Å²) >= 11 is 0. The van der Waals surface area contributed by atoms with Crippen molar-refractivity contribution in [3.8, 4) is 0 Å². The average molecular weight is 379 g/mol. The van der Waals surface area contributed by atoms with Crippen molar-refractivity contribution in [2.45, 2.75) is 18.2 Å². The van der Waals surface area contributed by atoms with Gasteiger partial charge in [0.1, 0.15) is 0 Å². The van der Waals surface area contributed by atoms with Crippen LogP contribution in [0.5, 0.6) is 0 Å². The lowest BCUT2D eigenvalue weighted by atomic mass is 9.87. The molecule has 8 heteroatoms. The summed E-state index contributed by atoms with van der Waals surface area (Å²) in [7, 11) is -3.14. The number of nitrogens with zero attached hydrogens (tertiary/aromatic N) is 3. The minimum absolute atomic E-state index is 0.110. The molecule has 3 saturated heterocycles. The van der Waals surface area contributed by atoms with Crippen LogP contribution in [-0.2, 0) is 25.9 Å². The summed E-state index contributed by atoms with van der Waals surface area (Å²) in [5.41, 5.74) is 1.07. The molecule has 1 aromatic rings. The third kappa shape index (κ3) is 3.50. The molecule has 0 unspecified atom stereocenters. The number of carbonyl (C=O) groups is 1. The molecule has 3 aliphatic heterocycles. The monoisotopic (exact) mass is 379 g/mol. The van der Waals surface area contributed by atoms with Gasteiger partial charge in [-0.2, -0.15) is 0 Å². The molecule has 26 heavy (non-hydrogen) atoms. The molecule has 0 saturated carbocycles. The van der Waals surface area contributed by atoms with Gasteiger partial charge in [-0.25, -0.2) is 8.42 Å². The Labute approximate surface area is 154 Å². The van der Waals surface area contributed by atoms with E-state index in [0.717, 1.165) is 5.56 Å². The molecular weight excluding hydrogens is 354 g/mol. The van der Waals surface area contributed by atoms with Gasteiger partial charge in [0, 0.05) is 57.0 Å². The van der Waals surface area contributed by atoms with Gasteiger partial charge in [0.25, 0.3) is 0 Å². The van der Waals surface area contributed by atoms with Crippen LogP contribution in [0.1, 0.15) is 12.0 Å². The first-order chi connectivity index (χ1) is 12.5. The highest BCUT2D eigenvalue weighted by molar-refractivity contribution is 7.92. The predicted octanol–water partition coefficient (Wildman–Crippen LogP) is 0.176. The van der Waals surface area contributed by atoms with E-state index >= 15 is 0 Å². The fourth-order valence-electron chi connectivity index (χ4n) is 4.51. The molecule has 0 radical (unpaired) electrons. The topological polar surface area (TPSA) is 79.8 Å². The zero-order valence-electron chi connectivity index (χ0n) is 14.8. The number of morpholine rings is 1. The van der Waals surface area contributed by atoms with Crippen molar-refractivity contribution >= 4 is 15.7 Å². The zero-order valence-corrected chi connectivity index (χ0v) is 15.6. The number of ether oxygens (including phenoxy) is 1. The summed E-state index contributed by atoms with van der Waals surface area (Å²) < 4.78 is 30.6. The third-order valence-electron chi connectivity index (χ3n) is 5.85. The minimum atomic E-state index is -3.14. The second kappa shape index (κ2) is 7.25. The third-order valence-corrected chi connectivity index (χ3v) is 8.07. The van der Waals surface area contributed by atoms with Gasteiger partial charge >= 0.3 is 0 Å². The lowest BCUT2D eigenvalue weighted by Gasteiger charge is -2.36. The molecule has 4 heterocycles. The highest BCUT2D eigenvalue weighted by Crippen LogP contribution is 2.38. The Morgan fingerprint density at radius 2 is 2.08 bits per heavy atom. The number of rotatable bonds is 3. The number of amides is 1. The molecule has 1 aromatic heterocycles. The first kappa shape index (κ1) is 17.9. The maximum atomic E-state index is 13.0. The Hall–Kier alpha value is -1.51. The van der Waals surface area contributed by atoms with Crippen molar-refractivity contribution in [3.05, 3.63) is 30.1 Å². The molecule has 4 rings (SSSR count). The van der Waals surface area contributed by atoms with Crippen molar-refractivity contribution in [3.63, 3.8) is 0 Å². The van der Waals surface area contributed by atoms with Gasteiger partial charge in [-0.15, -0.1) is 0 Å². The number of likely N-dealkylation sites (tertiary alicyclic amines) is 1. The van der Waals surface area contributed by atoms with E-state index in [4.69, 9.17) is 4.74 Å². The van der Waals surface area contributed by atoms with E-state index in [0.29, 0.717) is 52.4 Å². The molecule has 7 nitrogen and oxygen atoms in total. The quantitative estimate of drug-likeness (QED) is 0.745. The summed E-state index contributed by atoms with van der Waals surface area (Å²) in [5.74, 6) is -0.0712. The summed E-state index contributed by atoms with van der Waals surface area (Å²) in [6.45, 7) is 4.19. The lowest BCUT2D eigenvalue weighted by molar-refractivity contribution is -0.141. The van der Waals surface area contributed by atoms with Gasteiger partial charge in [0.15, 0.2) is 9.84 Å². The summed E-state index contributed by atoms with van der Waals surface area (Å²) in [6.07, 6.45) is 3.99. The smallest absolute Gasteiger partial charge is 0.226 e. The van der Waals surface area contributed by atoms with Crippen molar-refractivity contribution < 1.29 is 17.9 Å². The van der Waals surface area contributed by atoms with Crippen LogP contribution in [0.4, 0.5) is 0 Å². The standard InChI is InChI=1S/C18H25N3O4S/c22-18(21-5-7-25-8-6-21)15-3-9-26(23,24)17-13-20(12-16(15)17)11-14-2-1-4-19-10-14/h1-2,4,10,15-17H,3,5-9,11-13H2/t15-,16-,17-/m1/s1. The molecular formula is C18H25N3O4S. The van der Waals surface area contributed by atoms with Gasteiger partial charge in [-0.05, 0) is 18.1 Å². The normalized spacial score (nSPS) is 31.5. The van der Waals surface area contributed by atoms with E-state index in [1.54, 1.807) is 6.20 Å². The molecule has 1 amide bonds. The first-order valence-electron chi connectivity index (χ1n) is 9.24. The predicted molar refractivity (Wildman–Crippen MR) is 96.1 cm³/mol. The van der Waals surface area contributed by atoms with Crippen molar-refractivity contribution in [2.24, 2.45) is 11.8 Å². The van der Waals surface area contributed by atoms with Crippen LogP contribution < -0.4 is 0 Å². The highest BCUT2D eigenvalue weighted by Gasteiger charge is 2.51. The maximum absolute atomic E-state index is 13.0. The van der Waals surface area contributed by atoms with Gasteiger partial charge in [0.2, 0.25) is 5.91 Å².